The van der Waals surface area contributed by atoms with Crippen LogP contribution in [0.25, 0.3) is 0 Å². The van der Waals surface area contributed by atoms with Crippen molar-refractivity contribution < 1.29 is 13.6 Å². The molecule has 0 fully saturated rings. The molecular weight excluding hydrogens is 189 g/mol. The van der Waals surface area contributed by atoms with Crippen LogP contribution in [0.1, 0.15) is 39.5 Å². The van der Waals surface area contributed by atoms with E-state index in [1.165, 1.54) is 0 Å². The molecule has 0 aromatic heterocycles. The van der Waals surface area contributed by atoms with Crippen LogP contribution < -0.4 is 6.15 Å². The average Bonchev–Trinajstić information content (AvgIpc) is 2.06. The van der Waals surface area contributed by atoms with E-state index in [4.69, 9.17) is 9.05 Å². The monoisotopic (exact) mass is 210 g/mol. The molecule has 0 radical (unpaired) electrons. The van der Waals surface area contributed by atoms with Gasteiger partial charge in [-0.2, -0.15) is 0 Å². The van der Waals surface area contributed by atoms with Crippen molar-refractivity contribution in [1.82, 2.24) is 6.15 Å². The maximum absolute atomic E-state index is 10.9. The van der Waals surface area contributed by atoms with E-state index in [0.29, 0.717) is 13.2 Å². The first kappa shape index (κ1) is 15.5. The van der Waals surface area contributed by atoms with Gasteiger partial charge < -0.3 is 6.15 Å². The van der Waals surface area contributed by atoms with Crippen LogP contribution in [0, 0.1) is 0 Å². The van der Waals surface area contributed by atoms with Crippen molar-refractivity contribution in [3.63, 3.8) is 0 Å². The predicted molar refractivity (Wildman–Crippen MR) is 54.3 cm³/mol. The van der Waals surface area contributed by atoms with Gasteiger partial charge in [-0.05, 0) is 12.8 Å². The first-order valence-corrected chi connectivity index (χ1v) is 5.63. The number of hydrogen-bond donors (Lipinski definition) is 1. The van der Waals surface area contributed by atoms with Gasteiger partial charge in [0.2, 0.25) is 0 Å². The summed E-state index contributed by atoms with van der Waals surface area (Å²) < 4.78 is 20.7. The Morgan fingerprint density at radius 1 is 1.00 bits per heavy atom. The van der Waals surface area contributed by atoms with Crippen LogP contribution in [0.2, 0.25) is 0 Å². The van der Waals surface area contributed by atoms with Gasteiger partial charge in [-0.3, -0.25) is 0 Å². The summed E-state index contributed by atoms with van der Waals surface area (Å²) in [6.07, 6.45) is 3.99. The lowest BCUT2D eigenvalue weighted by Gasteiger charge is -1.89. The lowest BCUT2D eigenvalue weighted by Crippen LogP contribution is -1.90. The van der Waals surface area contributed by atoms with Gasteiger partial charge in [-0.1, -0.05) is 26.7 Å². The largest absolute Gasteiger partial charge is 0.697 e. The SMILES string of the molecule is CCCCO[P+](=O)OCCCC.N. The fourth-order valence-electron chi connectivity index (χ4n) is 0.604. The summed E-state index contributed by atoms with van der Waals surface area (Å²) in [7, 11) is -1.85. The van der Waals surface area contributed by atoms with Gasteiger partial charge in [-0.25, -0.2) is 0 Å². The molecule has 0 heterocycles. The Morgan fingerprint density at radius 2 is 1.38 bits per heavy atom. The van der Waals surface area contributed by atoms with Gasteiger partial charge >= 0.3 is 8.25 Å². The molecule has 0 aliphatic heterocycles. The molecule has 0 amide bonds. The van der Waals surface area contributed by atoms with Crippen molar-refractivity contribution in [2.24, 2.45) is 0 Å². The average molecular weight is 210 g/mol. The molecule has 0 aliphatic rings. The minimum atomic E-state index is -1.85. The van der Waals surface area contributed by atoms with Crippen molar-refractivity contribution in [2.75, 3.05) is 13.2 Å². The summed E-state index contributed by atoms with van der Waals surface area (Å²) in [6, 6.07) is 0. The quantitative estimate of drug-likeness (QED) is 0.492. The fraction of sp³-hybridized carbons (Fsp3) is 1.00. The summed E-state index contributed by atoms with van der Waals surface area (Å²) in [5, 5.41) is 0. The summed E-state index contributed by atoms with van der Waals surface area (Å²) in [5.74, 6) is 0. The topological polar surface area (TPSA) is 70.5 Å². The molecule has 0 atom stereocenters. The molecule has 0 spiro atoms. The fourth-order valence-corrected chi connectivity index (χ4v) is 1.23. The predicted octanol–water partition coefficient (Wildman–Crippen LogP) is 3.44. The standard InChI is InChI=1S/C8H18O3P.H3N/c1-3-5-7-10-12(9)11-8-6-4-2;/h3-8H2,1-2H3;1H3/q+1;. The van der Waals surface area contributed by atoms with Crippen molar-refractivity contribution in [2.45, 2.75) is 39.5 Å². The first-order chi connectivity index (χ1) is 5.81. The molecule has 0 aromatic rings. The third kappa shape index (κ3) is 12.0. The second kappa shape index (κ2) is 12.0. The molecule has 5 heteroatoms. The van der Waals surface area contributed by atoms with Crippen LogP contribution in [-0.2, 0) is 13.6 Å². The van der Waals surface area contributed by atoms with Gasteiger partial charge in [0.05, 0.1) is 0 Å². The zero-order valence-electron chi connectivity index (χ0n) is 8.62. The van der Waals surface area contributed by atoms with Crippen LogP contribution in [0.5, 0.6) is 0 Å². The number of rotatable bonds is 8. The number of hydrogen-bond acceptors (Lipinski definition) is 4. The Bertz CT molecular complexity index is 110. The van der Waals surface area contributed by atoms with Gasteiger partial charge in [-0.15, -0.1) is 9.05 Å². The Morgan fingerprint density at radius 3 is 1.69 bits per heavy atom. The lowest BCUT2D eigenvalue weighted by molar-refractivity contribution is 0.221. The highest BCUT2D eigenvalue weighted by molar-refractivity contribution is 7.33. The minimum absolute atomic E-state index is 0. The van der Waals surface area contributed by atoms with Gasteiger partial charge in [0, 0.05) is 4.57 Å². The normalized spacial score (nSPS) is 9.38. The third-order valence-electron chi connectivity index (χ3n) is 1.39. The highest BCUT2D eigenvalue weighted by Gasteiger charge is 2.18. The van der Waals surface area contributed by atoms with Crippen molar-refractivity contribution in [3.05, 3.63) is 0 Å². The molecular formula is C8H21NO3P+. The second-order valence-corrected chi connectivity index (χ2v) is 3.56. The molecule has 0 aromatic carbocycles. The molecule has 3 N–H and O–H groups in total. The Kier molecular flexibility index (Phi) is 14.2. The van der Waals surface area contributed by atoms with Crippen molar-refractivity contribution >= 4 is 8.25 Å². The van der Waals surface area contributed by atoms with Crippen LogP contribution in [-0.4, -0.2) is 13.2 Å². The van der Waals surface area contributed by atoms with E-state index in [2.05, 4.69) is 13.8 Å². The maximum atomic E-state index is 10.9. The van der Waals surface area contributed by atoms with E-state index in [9.17, 15) is 4.57 Å². The zero-order valence-corrected chi connectivity index (χ0v) is 9.52. The van der Waals surface area contributed by atoms with E-state index in [0.717, 1.165) is 25.7 Å². The van der Waals surface area contributed by atoms with Gasteiger partial charge in [0.25, 0.3) is 0 Å². The molecule has 0 bridgehead atoms. The van der Waals surface area contributed by atoms with Crippen molar-refractivity contribution in [1.29, 1.82) is 0 Å². The van der Waals surface area contributed by atoms with Gasteiger partial charge in [0.1, 0.15) is 13.2 Å². The number of unbranched alkanes of at least 4 members (excludes halogenated alkanes) is 2. The molecule has 0 rings (SSSR count). The van der Waals surface area contributed by atoms with Crippen LogP contribution >= 0.6 is 8.25 Å². The second-order valence-electron chi connectivity index (χ2n) is 2.60. The molecule has 0 aliphatic carbocycles. The first-order valence-electron chi connectivity index (χ1n) is 4.54. The highest BCUT2D eigenvalue weighted by atomic mass is 31.1. The Balaban J connectivity index is 0. The summed E-state index contributed by atoms with van der Waals surface area (Å²) in [6.45, 7) is 5.21. The molecule has 0 saturated carbocycles. The highest BCUT2D eigenvalue weighted by Crippen LogP contribution is 2.24. The van der Waals surface area contributed by atoms with Gasteiger partial charge in [0.15, 0.2) is 0 Å². The summed E-state index contributed by atoms with van der Waals surface area (Å²) in [4.78, 5) is 0. The molecule has 0 unspecified atom stereocenters. The van der Waals surface area contributed by atoms with E-state index in [1.54, 1.807) is 0 Å². The van der Waals surface area contributed by atoms with E-state index in [1.807, 2.05) is 0 Å². The van der Waals surface area contributed by atoms with E-state index in [-0.39, 0.29) is 6.15 Å². The van der Waals surface area contributed by atoms with Crippen molar-refractivity contribution in [3.8, 4) is 0 Å². The lowest BCUT2D eigenvalue weighted by atomic mass is 10.4. The van der Waals surface area contributed by atoms with E-state index >= 15 is 0 Å². The molecule has 4 nitrogen and oxygen atoms in total. The van der Waals surface area contributed by atoms with E-state index < -0.39 is 8.25 Å². The Labute approximate surface area is 81.5 Å². The smallest absolute Gasteiger partial charge is 0.344 e. The molecule has 13 heavy (non-hydrogen) atoms. The van der Waals surface area contributed by atoms with Crippen LogP contribution in [0.3, 0.4) is 0 Å². The van der Waals surface area contributed by atoms with Crippen LogP contribution in [0.15, 0.2) is 0 Å². The summed E-state index contributed by atoms with van der Waals surface area (Å²) in [5.41, 5.74) is 0. The zero-order chi connectivity index (χ0) is 9.23. The molecule has 0 saturated heterocycles. The maximum Gasteiger partial charge on any atom is 0.697 e. The minimum Gasteiger partial charge on any atom is -0.344 e. The summed E-state index contributed by atoms with van der Waals surface area (Å²) >= 11 is 0. The van der Waals surface area contributed by atoms with Crippen LogP contribution in [0.4, 0.5) is 0 Å². The molecule has 80 valence electrons. The third-order valence-corrected chi connectivity index (χ3v) is 2.18. The Hall–Kier alpha value is -0.0200.